The van der Waals surface area contributed by atoms with Crippen molar-refractivity contribution in [1.29, 1.82) is 0 Å². The Morgan fingerprint density at radius 2 is 1.62 bits per heavy atom. The van der Waals surface area contributed by atoms with Crippen LogP contribution in [0.25, 0.3) is 16.9 Å². The van der Waals surface area contributed by atoms with Gasteiger partial charge in [-0.15, -0.1) is 0 Å². The summed E-state index contributed by atoms with van der Waals surface area (Å²) >= 11 is 0. The van der Waals surface area contributed by atoms with Gasteiger partial charge in [-0.2, -0.15) is 5.10 Å². The minimum Gasteiger partial charge on any atom is -0.497 e. The Morgan fingerprint density at radius 1 is 0.923 bits per heavy atom. The molecule has 1 fully saturated rings. The highest BCUT2D eigenvalue weighted by atomic mass is 16.5. The average Bonchev–Trinajstić information content (AvgIpc) is 3.15. The van der Waals surface area contributed by atoms with E-state index in [9.17, 15) is 0 Å². The Kier molecular flexibility index (Phi) is 4.79. The third-order valence-corrected chi connectivity index (χ3v) is 5.04. The Hall–Kier alpha value is -2.55. The van der Waals surface area contributed by atoms with Gasteiger partial charge >= 0.3 is 0 Å². The molecule has 1 aromatic heterocycles. The van der Waals surface area contributed by atoms with Gasteiger partial charge in [-0.05, 0) is 69.4 Å². The van der Waals surface area contributed by atoms with E-state index in [0.717, 1.165) is 48.5 Å². The Labute approximate surface area is 155 Å². The van der Waals surface area contributed by atoms with Crippen LogP contribution in [0.1, 0.15) is 36.9 Å². The Balaban J connectivity index is 1.78. The lowest BCUT2D eigenvalue weighted by Crippen LogP contribution is -2.07. The van der Waals surface area contributed by atoms with Gasteiger partial charge < -0.3 is 4.74 Å². The molecule has 0 bridgehead atoms. The van der Waals surface area contributed by atoms with Gasteiger partial charge in [-0.25, -0.2) is 4.68 Å². The van der Waals surface area contributed by atoms with Gasteiger partial charge in [0.15, 0.2) is 0 Å². The SMILES string of the molecule is COc1ccc(-n2nc([C]3CC[CH]CC3)cc2-c2ccc(C)cc2)cc1. The van der Waals surface area contributed by atoms with E-state index in [1.165, 1.54) is 17.0 Å². The maximum Gasteiger partial charge on any atom is 0.119 e. The number of aryl methyl sites for hydroxylation is 1. The molecule has 1 saturated carbocycles. The largest absolute Gasteiger partial charge is 0.497 e. The lowest BCUT2D eigenvalue weighted by molar-refractivity contribution is 0.414. The molecule has 3 heteroatoms. The molecule has 0 N–H and O–H groups in total. The van der Waals surface area contributed by atoms with Crippen LogP contribution in [0, 0.1) is 19.3 Å². The first-order chi connectivity index (χ1) is 12.7. The smallest absolute Gasteiger partial charge is 0.119 e. The van der Waals surface area contributed by atoms with E-state index in [4.69, 9.17) is 9.84 Å². The molecule has 0 unspecified atom stereocenters. The molecule has 1 aliphatic carbocycles. The minimum absolute atomic E-state index is 0.857. The number of aromatic nitrogens is 2. The van der Waals surface area contributed by atoms with Crippen LogP contribution in [-0.2, 0) is 0 Å². The molecule has 3 nitrogen and oxygen atoms in total. The fourth-order valence-corrected chi connectivity index (χ4v) is 3.48. The van der Waals surface area contributed by atoms with Crippen LogP contribution in [0.2, 0.25) is 0 Å². The van der Waals surface area contributed by atoms with E-state index in [0.29, 0.717) is 0 Å². The Bertz CT molecular complexity index is 856. The molecule has 2 radical (unpaired) electrons. The molecule has 0 aliphatic heterocycles. The zero-order valence-electron chi connectivity index (χ0n) is 15.4. The summed E-state index contributed by atoms with van der Waals surface area (Å²) in [4.78, 5) is 0. The summed E-state index contributed by atoms with van der Waals surface area (Å²) in [7, 11) is 1.69. The summed E-state index contributed by atoms with van der Waals surface area (Å²) in [5, 5.41) is 4.98. The highest BCUT2D eigenvalue weighted by Gasteiger charge is 2.21. The van der Waals surface area contributed by atoms with Gasteiger partial charge in [0.05, 0.1) is 24.2 Å². The van der Waals surface area contributed by atoms with E-state index in [2.05, 4.69) is 60.5 Å². The van der Waals surface area contributed by atoms with Crippen molar-refractivity contribution in [3.63, 3.8) is 0 Å². The predicted octanol–water partition coefficient (Wildman–Crippen LogP) is 5.56. The van der Waals surface area contributed by atoms with Crippen molar-refractivity contribution < 1.29 is 4.74 Å². The first-order valence-electron chi connectivity index (χ1n) is 9.23. The van der Waals surface area contributed by atoms with Crippen LogP contribution in [-0.4, -0.2) is 16.9 Å². The molecule has 4 rings (SSSR count). The van der Waals surface area contributed by atoms with Crippen LogP contribution in [0.3, 0.4) is 0 Å². The molecule has 0 saturated heterocycles. The maximum atomic E-state index is 5.30. The van der Waals surface area contributed by atoms with Gasteiger partial charge in [-0.3, -0.25) is 0 Å². The van der Waals surface area contributed by atoms with Crippen LogP contribution in [0.4, 0.5) is 0 Å². The van der Waals surface area contributed by atoms with Crippen molar-refractivity contribution >= 4 is 0 Å². The first kappa shape index (κ1) is 16.9. The molecule has 0 atom stereocenters. The second-order valence-corrected chi connectivity index (χ2v) is 6.86. The molecule has 2 aromatic carbocycles. The van der Waals surface area contributed by atoms with Gasteiger partial charge in [-0.1, -0.05) is 29.8 Å². The first-order valence-corrected chi connectivity index (χ1v) is 9.23. The second-order valence-electron chi connectivity index (χ2n) is 6.86. The third kappa shape index (κ3) is 3.39. The van der Waals surface area contributed by atoms with Crippen LogP contribution in [0.15, 0.2) is 54.6 Å². The number of rotatable bonds is 4. The summed E-state index contributed by atoms with van der Waals surface area (Å²) < 4.78 is 7.36. The van der Waals surface area contributed by atoms with Crippen molar-refractivity contribution in [3.8, 4) is 22.7 Å². The molecule has 26 heavy (non-hydrogen) atoms. The molecular formula is C23H24N2O. The zero-order valence-corrected chi connectivity index (χ0v) is 15.4. The number of benzene rings is 2. The molecule has 3 aromatic rings. The van der Waals surface area contributed by atoms with Crippen molar-refractivity contribution in [3.05, 3.63) is 78.2 Å². The second kappa shape index (κ2) is 7.36. The van der Waals surface area contributed by atoms with Gasteiger partial charge in [0.2, 0.25) is 0 Å². The molecule has 1 heterocycles. The fraction of sp³-hybridized carbons (Fsp3) is 0.261. The predicted molar refractivity (Wildman–Crippen MR) is 105 cm³/mol. The quantitative estimate of drug-likeness (QED) is 0.620. The van der Waals surface area contributed by atoms with E-state index < -0.39 is 0 Å². The third-order valence-electron chi connectivity index (χ3n) is 5.04. The van der Waals surface area contributed by atoms with Crippen molar-refractivity contribution in [1.82, 2.24) is 9.78 Å². The molecule has 0 amide bonds. The maximum absolute atomic E-state index is 5.30. The summed E-state index contributed by atoms with van der Waals surface area (Å²) in [6.07, 6.45) is 6.93. The average molecular weight is 344 g/mol. The summed E-state index contributed by atoms with van der Waals surface area (Å²) in [6, 6.07) is 19.0. The van der Waals surface area contributed by atoms with Crippen LogP contribution < -0.4 is 4.74 Å². The monoisotopic (exact) mass is 344 g/mol. The number of hydrogen-bond donors (Lipinski definition) is 0. The number of methoxy groups -OCH3 is 1. The molecule has 132 valence electrons. The highest BCUT2D eigenvalue weighted by molar-refractivity contribution is 5.64. The lowest BCUT2D eigenvalue weighted by atomic mass is 9.87. The topological polar surface area (TPSA) is 27.1 Å². The van der Waals surface area contributed by atoms with Gasteiger partial charge in [0.25, 0.3) is 0 Å². The van der Waals surface area contributed by atoms with Crippen LogP contribution in [0.5, 0.6) is 5.75 Å². The van der Waals surface area contributed by atoms with E-state index in [1.54, 1.807) is 7.11 Å². The van der Waals surface area contributed by atoms with Crippen molar-refractivity contribution in [2.45, 2.75) is 32.6 Å². The summed E-state index contributed by atoms with van der Waals surface area (Å²) in [5.41, 5.74) is 5.77. The highest BCUT2D eigenvalue weighted by Crippen LogP contribution is 2.34. The summed E-state index contributed by atoms with van der Waals surface area (Å²) in [6.45, 7) is 2.12. The molecular weight excluding hydrogens is 320 g/mol. The molecule has 1 aliphatic rings. The van der Waals surface area contributed by atoms with Crippen molar-refractivity contribution in [2.75, 3.05) is 7.11 Å². The Morgan fingerprint density at radius 3 is 2.27 bits per heavy atom. The van der Waals surface area contributed by atoms with Crippen molar-refractivity contribution in [2.24, 2.45) is 0 Å². The number of hydrogen-bond acceptors (Lipinski definition) is 2. The van der Waals surface area contributed by atoms with E-state index in [-0.39, 0.29) is 0 Å². The number of nitrogens with zero attached hydrogens (tertiary/aromatic N) is 2. The van der Waals surface area contributed by atoms with Gasteiger partial charge in [0, 0.05) is 11.5 Å². The minimum atomic E-state index is 0.857. The lowest BCUT2D eigenvalue weighted by Gasteiger charge is -2.18. The van der Waals surface area contributed by atoms with Gasteiger partial charge in [0.1, 0.15) is 5.75 Å². The number of ether oxygens (including phenoxy) is 1. The standard InChI is InChI=1S/C23H24N2O/c1-17-8-10-19(11-9-17)23-16-22(18-6-4-3-5-7-18)24-25(23)20-12-14-21(26-2)15-13-20/h3,8-16H,4-7H2,1-2H3. The fourth-order valence-electron chi connectivity index (χ4n) is 3.48. The normalized spacial score (nSPS) is 15.2. The van der Waals surface area contributed by atoms with E-state index >= 15 is 0 Å². The summed E-state index contributed by atoms with van der Waals surface area (Å²) in [5.74, 6) is 2.32. The zero-order chi connectivity index (χ0) is 17.9. The van der Waals surface area contributed by atoms with Crippen LogP contribution >= 0.6 is 0 Å². The molecule has 0 spiro atoms. The van der Waals surface area contributed by atoms with E-state index in [1.807, 2.05) is 12.1 Å².